The minimum atomic E-state index is 0.0816. The molecule has 166 valence electrons. The van der Waals surface area contributed by atoms with Gasteiger partial charge in [0.2, 0.25) is 0 Å². The topological polar surface area (TPSA) is 0 Å². The van der Waals surface area contributed by atoms with Gasteiger partial charge < -0.3 is 0 Å². The van der Waals surface area contributed by atoms with Crippen LogP contribution in [0.4, 0.5) is 4.39 Å². The summed E-state index contributed by atoms with van der Waals surface area (Å²) in [6, 6.07) is 6.33. The van der Waals surface area contributed by atoms with Gasteiger partial charge in [0.05, 0.1) is 0 Å². The van der Waals surface area contributed by atoms with Crippen LogP contribution in [0.2, 0.25) is 0 Å². The molecule has 0 nitrogen and oxygen atoms in total. The van der Waals surface area contributed by atoms with Gasteiger partial charge in [-0.2, -0.15) is 0 Å². The molecule has 0 radical (unpaired) electrons. The lowest BCUT2D eigenvalue weighted by molar-refractivity contribution is 0.171. The Bertz CT molecular complexity index is 668. The van der Waals surface area contributed by atoms with Gasteiger partial charge in [-0.25, -0.2) is 4.39 Å². The highest BCUT2D eigenvalue weighted by Gasteiger charge is 2.31. The minimum Gasteiger partial charge on any atom is -0.207 e. The summed E-state index contributed by atoms with van der Waals surface area (Å²) in [4.78, 5) is 0. The monoisotopic (exact) mass is 410 g/mol. The molecule has 0 atom stereocenters. The van der Waals surface area contributed by atoms with Gasteiger partial charge in [0, 0.05) is 0 Å². The predicted molar refractivity (Wildman–Crippen MR) is 126 cm³/mol. The molecule has 0 aromatic heterocycles. The first kappa shape index (κ1) is 22.1. The van der Waals surface area contributed by atoms with Crippen LogP contribution >= 0.6 is 0 Å². The maximum atomic E-state index is 15.1. The van der Waals surface area contributed by atoms with Gasteiger partial charge >= 0.3 is 0 Å². The van der Waals surface area contributed by atoms with Crippen molar-refractivity contribution in [1.82, 2.24) is 0 Å². The third-order valence-corrected chi connectivity index (χ3v) is 9.07. The van der Waals surface area contributed by atoms with E-state index in [9.17, 15) is 0 Å². The summed E-state index contributed by atoms with van der Waals surface area (Å²) in [6.07, 6.45) is 20.4. The van der Waals surface area contributed by atoms with Crippen molar-refractivity contribution >= 4 is 0 Å². The molecule has 0 amide bonds. The highest BCUT2D eigenvalue weighted by molar-refractivity contribution is 5.30. The Labute approximate surface area is 184 Å². The molecule has 3 saturated carbocycles. The van der Waals surface area contributed by atoms with E-state index in [1.807, 2.05) is 6.07 Å². The first-order valence-corrected chi connectivity index (χ1v) is 13.1. The van der Waals surface area contributed by atoms with Crippen LogP contribution < -0.4 is 0 Å². The number of hydrogen-bond donors (Lipinski definition) is 0. The van der Waals surface area contributed by atoms with E-state index in [2.05, 4.69) is 31.7 Å². The lowest BCUT2D eigenvalue weighted by atomic mass is 9.68. The van der Waals surface area contributed by atoms with E-state index in [-0.39, 0.29) is 5.82 Å². The fourth-order valence-corrected chi connectivity index (χ4v) is 7.07. The van der Waals surface area contributed by atoms with E-state index in [0.717, 1.165) is 29.2 Å². The number of halogens is 1. The Balaban J connectivity index is 1.30. The Morgan fingerprint density at radius 2 is 1.43 bits per heavy atom. The van der Waals surface area contributed by atoms with Crippen molar-refractivity contribution in [2.45, 2.75) is 109 Å². The molecule has 0 heterocycles. The van der Waals surface area contributed by atoms with Crippen molar-refractivity contribution in [1.29, 1.82) is 0 Å². The van der Waals surface area contributed by atoms with Crippen LogP contribution in [0.5, 0.6) is 0 Å². The van der Waals surface area contributed by atoms with Crippen LogP contribution in [0.15, 0.2) is 30.9 Å². The maximum Gasteiger partial charge on any atom is 0.126 e. The average molecular weight is 411 g/mol. The second-order valence-corrected chi connectivity index (χ2v) is 10.8. The Kier molecular flexibility index (Phi) is 7.71. The molecule has 0 bridgehead atoms. The molecule has 0 unspecified atom stereocenters. The molecule has 0 spiro atoms. The van der Waals surface area contributed by atoms with E-state index in [1.54, 1.807) is 0 Å². The molecule has 0 N–H and O–H groups in total. The Morgan fingerprint density at radius 3 is 2.00 bits per heavy atom. The average Bonchev–Trinajstić information content (AvgIpc) is 2.80. The molecule has 3 aliphatic rings. The van der Waals surface area contributed by atoms with E-state index in [0.29, 0.717) is 11.8 Å². The van der Waals surface area contributed by atoms with Crippen LogP contribution in [-0.2, 0) is 0 Å². The number of hydrogen-bond acceptors (Lipinski definition) is 0. The van der Waals surface area contributed by atoms with Gasteiger partial charge in [-0.05, 0) is 130 Å². The highest BCUT2D eigenvalue weighted by Crippen LogP contribution is 2.45. The van der Waals surface area contributed by atoms with Gasteiger partial charge in [0.1, 0.15) is 5.82 Å². The molecule has 0 saturated heterocycles. The number of allylic oxidation sites excluding steroid dienone is 1. The molecular formula is C29H43F. The third kappa shape index (κ3) is 5.20. The standard InChI is InChI=1S/C29H43F/c1-3-5-22-8-12-25(13-9-22)27-18-19-28(29(30)20-27)26-16-14-24(15-17-26)23-10-6-21(4-2)7-11-23/h4,18-26H,2-3,5-17H2,1H3. The van der Waals surface area contributed by atoms with Crippen molar-refractivity contribution in [3.05, 3.63) is 47.8 Å². The van der Waals surface area contributed by atoms with Crippen LogP contribution in [0.25, 0.3) is 0 Å². The Morgan fingerprint density at radius 1 is 0.833 bits per heavy atom. The molecule has 4 rings (SSSR count). The van der Waals surface area contributed by atoms with Crippen LogP contribution in [0, 0.1) is 29.5 Å². The van der Waals surface area contributed by atoms with Crippen LogP contribution in [0.3, 0.4) is 0 Å². The smallest absolute Gasteiger partial charge is 0.126 e. The second kappa shape index (κ2) is 10.5. The predicted octanol–water partition coefficient (Wildman–Crippen LogP) is 9.17. The highest BCUT2D eigenvalue weighted by atomic mass is 19.1. The molecule has 3 fully saturated rings. The molecular weight excluding hydrogens is 367 g/mol. The lowest BCUT2D eigenvalue weighted by Crippen LogP contribution is -2.25. The van der Waals surface area contributed by atoms with Crippen LogP contribution in [0.1, 0.15) is 120 Å². The van der Waals surface area contributed by atoms with Crippen molar-refractivity contribution in [3.63, 3.8) is 0 Å². The minimum absolute atomic E-state index is 0.0816. The largest absolute Gasteiger partial charge is 0.207 e. The zero-order valence-corrected chi connectivity index (χ0v) is 19.3. The summed E-state index contributed by atoms with van der Waals surface area (Å²) in [7, 11) is 0. The van der Waals surface area contributed by atoms with E-state index >= 15 is 4.39 Å². The fraction of sp³-hybridized carbons (Fsp3) is 0.724. The first-order valence-electron chi connectivity index (χ1n) is 13.1. The van der Waals surface area contributed by atoms with Crippen molar-refractivity contribution in [3.8, 4) is 0 Å². The summed E-state index contributed by atoms with van der Waals surface area (Å²) in [5, 5.41) is 0. The summed E-state index contributed by atoms with van der Waals surface area (Å²) in [5.74, 6) is 4.58. The molecule has 0 aliphatic heterocycles. The zero-order valence-electron chi connectivity index (χ0n) is 19.3. The van der Waals surface area contributed by atoms with Crippen LogP contribution in [-0.4, -0.2) is 0 Å². The van der Waals surface area contributed by atoms with Gasteiger partial charge in [-0.1, -0.05) is 38.0 Å². The number of benzene rings is 1. The molecule has 3 aliphatic carbocycles. The summed E-state index contributed by atoms with van der Waals surface area (Å²) in [5.41, 5.74) is 2.27. The van der Waals surface area contributed by atoms with Crippen molar-refractivity contribution < 1.29 is 4.39 Å². The Hall–Kier alpha value is -1.11. The number of rotatable bonds is 6. The normalized spacial score (nSPS) is 35.1. The zero-order chi connectivity index (χ0) is 20.9. The van der Waals surface area contributed by atoms with Gasteiger partial charge in [0.15, 0.2) is 0 Å². The van der Waals surface area contributed by atoms with E-state index in [4.69, 9.17) is 0 Å². The fourth-order valence-electron chi connectivity index (χ4n) is 7.07. The summed E-state index contributed by atoms with van der Waals surface area (Å²) in [6.45, 7) is 6.28. The van der Waals surface area contributed by atoms with Crippen molar-refractivity contribution in [2.24, 2.45) is 23.7 Å². The SMILES string of the molecule is C=CC1CCC(C2CCC(c3ccc(C4CCC(CCC)CC4)cc3F)CC2)CC1. The third-order valence-electron chi connectivity index (χ3n) is 9.07. The first-order chi connectivity index (χ1) is 14.7. The van der Waals surface area contributed by atoms with Gasteiger partial charge in [0.25, 0.3) is 0 Å². The maximum absolute atomic E-state index is 15.1. The molecule has 30 heavy (non-hydrogen) atoms. The second-order valence-electron chi connectivity index (χ2n) is 10.8. The molecule has 1 aromatic rings. The summed E-state index contributed by atoms with van der Waals surface area (Å²) < 4.78 is 15.1. The lowest BCUT2D eigenvalue weighted by Gasteiger charge is -2.37. The summed E-state index contributed by atoms with van der Waals surface area (Å²) >= 11 is 0. The molecule has 1 heteroatoms. The van der Waals surface area contributed by atoms with Gasteiger partial charge in [-0.3, -0.25) is 0 Å². The molecule has 1 aromatic carbocycles. The van der Waals surface area contributed by atoms with E-state index in [1.165, 1.54) is 95.5 Å². The van der Waals surface area contributed by atoms with E-state index < -0.39 is 0 Å². The van der Waals surface area contributed by atoms with Crippen molar-refractivity contribution in [2.75, 3.05) is 0 Å². The van der Waals surface area contributed by atoms with Gasteiger partial charge in [-0.15, -0.1) is 6.58 Å². The quantitative estimate of drug-likeness (QED) is 0.410.